The Balaban J connectivity index is 2.12. The first-order chi connectivity index (χ1) is 7.91. The fourth-order valence-electron chi connectivity index (χ4n) is 1.98. The monoisotopic (exact) mass is 241 g/mol. The van der Waals surface area contributed by atoms with E-state index in [0.29, 0.717) is 7.28 Å². The summed E-state index contributed by atoms with van der Waals surface area (Å²) in [7, 11) is 0.714. The second-order valence-electron chi connectivity index (χ2n) is 4.30. The SMILES string of the molecule is FC1=CC=CC(F)([B]C2(F)C=CC=C(F)C2)C1. The van der Waals surface area contributed by atoms with Gasteiger partial charge in [-0.2, -0.15) is 0 Å². The van der Waals surface area contributed by atoms with E-state index in [0.717, 1.165) is 24.3 Å². The normalized spacial score (nSPS) is 36.5. The van der Waals surface area contributed by atoms with Gasteiger partial charge in [0.05, 0.1) is 0 Å². The van der Waals surface area contributed by atoms with Crippen molar-refractivity contribution in [3.8, 4) is 0 Å². The topological polar surface area (TPSA) is 0 Å². The fraction of sp³-hybridized carbons (Fsp3) is 0.333. The number of rotatable bonds is 2. The van der Waals surface area contributed by atoms with Crippen LogP contribution in [0.15, 0.2) is 48.1 Å². The van der Waals surface area contributed by atoms with Crippen LogP contribution in [0.25, 0.3) is 0 Å². The van der Waals surface area contributed by atoms with Crippen LogP contribution in [0.5, 0.6) is 0 Å². The molecule has 17 heavy (non-hydrogen) atoms. The standard InChI is InChI=1S/C12H10BF4/c14-9-3-1-5-11(16,7-9)13-12(17)6-2-4-10(15)8-12/h1-6H,7-8H2. The van der Waals surface area contributed by atoms with Gasteiger partial charge in [-0.3, -0.25) is 0 Å². The van der Waals surface area contributed by atoms with Crippen molar-refractivity contribution < 1.29 is 17.6 Å². The zero-order valence-corrected chi connectivity index (χ0v) is 8.97. The number of hydrogen-bond acceptors (Lipinski definition) is 0. The third kappa shape index (κ3) is 2.90. The molecule has 0 saturated carbocycles. The van der Waals surface area contributed by atoms with Gasteiger partial charge < -0.3 is 0 Å². The van der Waals surface area contributed by atoms with Crippen LogP contribution in [0.1, 0.15) is 12.8 Å². The second kappa shape index (κ2) is 4.20. The summed E-state index contributed by atoms with van der Waals surface area (Å²) in [5.74, 6) is -1.32. The average Bonchev–Trinajstić information content (AvgIpc) is 2.14. The van der Waals surface area contributed by atoms with Crippen molar-refractivity contribution in [3.05, 3.63) is 48.1 Å². The molecule has 0 nitrogen and oxygen atoms in total. The molecular formula is C12H10BF4. The van der Waals surface area contributed by atoms with Crippen LogP contribution < -0.4 is 0 Å². The lowest BCUT2D eigenvalue weighted by molar-refractivity contribution is 0.265. The van der Waals surface area contributed by atoms with Gasteiger partial charge in [0.15, 0.2) is 0 Å². The highest BCUT2D eigenvalue weighted by atomic mass is 19.2. The smallest absolute Gasteiger partial charge is 0.223 e. The number of hydrogen-bond donors (Lipinski definition) is 0. The van der Waals surface area contributed by atoms with E-state index >= 15 is 0 Å². The third-order valence-corrected chi connectivity index (χ3v) is 2.66. The molecule has 89 valence electrons. The van der Waals surface area contributed by atoms with Crippen molar-refractivity contribution in [2.45, 2.75) is 24.0 Å². The molecule has 2 aliphatic rings. The molecule has 0 amide bonds. The second-order valence-corrected chi connectivity index (χ2v) is 4.30. The number of alkyl halides is 2. The van der Waals surface area contributed by atoms with Crippen LogP contribution >= 0.6 is 0 Å². The molecule has 0 N–H and O–H groups in total. The Kier molecular flexibility index (Phi) is 3.02. The maximum atomic E-state index is 14.1. The van der Waals surface area contributed by atoms with Crippen molar-refractivity contribution in [1.82, 2.24) is 0 Å². The summed E-state index contributed by atoms with van der Waals surface area (Å²) in [5.41, 5.74) is -4.43. The van der Waals surface area contributed by atoms with E-state index in [4.69, 9.17) is 0 Å². The summed E-state index contributed by atoms with van der Waals surface area (Å²) >= 11 is 0. The van der Waals surface area contributed by atoms with Gasteiger partial charge in [0.2, 0.25) is 7.28 Å². The van der Waals surface area contributed by atoms with E-state index in [9.17, 15) is 17.6 Å². The molecular weight excluding hydrogens is 231 g/mol. The van der Waals surface area contributed by atoms with Crippen LogP contribution in [0.2, 0.25) is 0 Å². The fourth-order valence-corrected chi connectivity index (χ4v) is 1.98. The first-order valence-electron chi connectivity index (χ1n) is 5.24. The molecule has 2 atom stereocenters. The van der Waals surface area contributed by atoms with E-state index in [1.54, 1.807) is 0 Å². The van der Waals surface area contributed by atoms with Gasteiger partial charge in [0, 0.05) is 12.8 Å². The quantitative estimate of drug-likeness (QED) is 0.511. The van der Waals surface area contributed by atoms with E-state index in [1.807, 2.05) is 0 Å². The highest BCUT2D eigenvalue weighted by Gasteiger charge is 2.43. The third-order valence-electron chi connectivity index (χ3n) is 2.66. The Morgan fingerprint density at radius 3 is 1.65 bits per heavy atom. The van der Waals surface area contributed by atoms with Gasteiger partial charge >= 0.3 is 0 Å². The highest BCUT2D eigenvalue weighted by molar-refractivity contribution is 6.45. The Hall–Kier alpha value is -1.26. The summed E-state index contributed by atoms with van der Waals surface area (Å²) in [4.78, 5) is 0. The van der Waals surface area contributed by atoms with E-state index in [-0.39, 0.29) is 0 Å². The van der Waals surface area contributed by atoms with E-state index in [1.165, 1.54) is 12.2 Å². The summed E-state index contributed by atoms with van der Waals surface area (Å²) in [6.07, 6.45) is 5.67. The van der Waals surface area contributed by atoms with Gasteiger partial charge in [0.25, 0.3) is 0 Å². The van der Waals surface area contributed by atoms with Gasteiger partial charge in [-0.25, -0.2) is 17.6 Å². The van der Waals surface area contributed by atoms with Crippen LogP contribution in [0.4, 0.5) is 17.6 Å². The molecule has 0 aromatic carbocycles. The van der Waals surface area contributed by atoms with Gasteiger partial charge in [-0.1, -0.05) is 24.3 Å². The Morgan fingerprint density at radius 1 is 0.882 bits per heavy atom. The van der Waals surface area contributed by atoms with E-state index in [2.05, 4.69) is 0 Å². The lowest BCUT2D eigenvalue weighted by Crippen LogP contribution is -2.44. The molecule has 0 aromatic heterocycles. The number of allylic oxidation sites excluding steroid dienone is 8. The minimum absolute atomic E-state index is 0.547. The van der Waals surface area contributed by atoms with Gasteiger partial charge in [-0.05, 0) is 12.2 Å². The van der Waals surface area contributed by atoms with Gasteiger partial charge in [0.1, 0.15) is 22.8 Å². The van der Waals surface area contributed by atoms with Crippen molar-refractivity contribution >= 4 is 7.28 Å². The predicted molar refractivity (Wildman–Crippen MR) is 59.3 cm³/mol. The number of halogens is 4. The first kappa shape index (κ1) is 12.2. The molecule has 5 heteroatoms. The summed E-state index contributed by atoms with van der Waals surface area (Å²) in [6.45, 7) is 0. The van der Waals surface area contributed by atoms with Crippen LogP contribution in [0.3, 0.4) is 0 Å². The largest absolute Gasteiger partial charge is 0.249 e. The average molecular weight is 241 g/mol. The van der Waals surface area contributed by atoms with Crippen LogP contribution in [-0.4, -0.2) is 18.4 Å². The molecule has 2 rings (SSSR count). The molecule has 0 aromatic rings. The van der Waals surface area contributed by atoms with Crippen molar-refractivity contribution in [2.75, 3.05) is 0 Å². The highest BCUT2D eigenvalue weighted by Crippen LogP contribution is 2.35. The lowest BCUT2D eigenvalue weighted by atomic mass is 9.48. The molecule has 0 fully saturated rings. The Bertz CT molecular complexity index is 398. The molecule has 2 unspecified atom stereocenters. The van der Waals surface area contributed by atoms with Crippen molar-refractivity contribution in [1.29, 1.82) is 0 Å². The van der Waals surface area contributed by atoms with E-state index < -0.39 is 35.6 Å². The van der Waals surface area contributed by atoms with Crippen molar-refractivity contribution in [3.63, 3.8) is 0 Å². The Morgan fingerprint density at radius 2 is 1.29 bits per heavy atom. The molecule has 0 saturated heterocycles. The molecule has 0 spiro atoms. The Labute approximate surface area is 97.6 Å². The minimum Gasteiger partial charge on any atom is -0.249 e. The summed E-state index contributed by atoms with van der Waals surface area (Å²) < 4.78 is 54.2. The zero-order valence-electron chi connectivity index (χ0n) is 8.97. The van der Waals surface area contributed by atoms with Crippen LogP contribution in [-0.2, 0) is 0 Å². The van der Waals surface area contributed by atoms with Gasteiger partial charge in [-0.15, -0.1) is 0 Å². The molecule has 0 aliphatic heterocycles. The molecule has 2 aliphatic carbocycles. The molecule has 1 radical (unpaired) electrons. The molecule has 0 bridgehead atoms. The lowest BCUT2D eigenvalue weighted by Gasteiger charge is -2.30. The van der Waals surface area contributed by atoms with Crippen LogP contribution in [0, 0.1) is 0 Å². The first-order valence-corrected chi connectivity index (χ1v) is 5.24. The molecule has 0 heterocycles. The maximum Gasteiger partial charge on any atom is 0.223 e. The van der Waals surface area contributed by atoms with Crippen molar-refractivity contribution in [2.24, 2.45) is 0 Å². The summed E-state index contributed by atoms with van der Waals surface area (Å²) in [6, 6.07) is 0. The summed E-state index contributed by atoms with van der Waals surface area (Å²) in [5, 5.41) is 0. The predicted octanol–water partition coefficient (Wildman–Crippen LogP) is 3.65. The maximum absolute atomic E-state index is 14.1. The minimum atomic E-state index is -2.21. The zero-order chi connectivity index (χ0) is 12.5.